The summed E-state index contributed by atoms with van der Waals surface area (Å²) >= 11 is 0. The number of ether oxygens (including phenoxy) is 2. The van der Waals surface area contributed by atoms with E-state index in [-0.39, 0.29) is 25.0 Å². The van der Waals surface area contributed by atoms with Crippen molar-refractivity contribution in [2.75, 3.05) is 40.5 Å². The molecule has 8 heteroatoms. The quantitative estimate of drug-likeness (QED) is 0.643. The Bertz CT molecular complexity index is 759. The summed E-state index contributed by atoms with van der Waals surface area (Å²) in [6.07, 6.45) is 6.08. The molecule has 4 rings (SSSR count). The summed E-state index contributed by atoms with van der Waals surface area (Å²) in [6, 6.07) is 6.62. The molecule has 32 heavy (non-hydrogen) atoms. The molecule has 1 amide bonds. The molecule has 0 unspecified atom stereocenters. The van der Waals surface area contributed by atoms with Crippen molar-refractivity contribution in [1.29, 1.82) is 0 Å². The minimum absolute atomic E-state index is 0.210. The maximum absolute atomic E-state index is 13.0. The number of carbonyl (C=O) groups excluding carboxylic acids is 1. The molecule has 3 aliphatic rings. The number of carbonyl (C=O) groups is 2. The Morgan fingerprint density at radius 2 is 1.88 bits per heavy atom. The molecule has 1 aromatic carbocycles. The van der Waals surface area contributed by atoms with E-state index in [2.05, 4.69) is 9.80 Å². The predicted octanol–water partition coefficient (Wildman–Crippen LogP) is 2.03. The van der Waals surface area contributed by atoms with Crippen molar-refractivity contribution in [1.82, 2.24) is 9.80 Å². The van der Waals surface area contributed by atoms with Gasteiger partial charge in [0.15, 0.2) is 11.5 Å². The van der Waals surface area contributed by atoms with Crippen molar-refractivity contribution in [3.8, 4) is 11.5 Å². The number of aryl methyl sites for hydroxylation is 1. The number of fused-ring (bicyclic) bond motifs is 4. The van der Waals surface area contributed by atoms with E-state index in [0.29, 0.717) is 42.2 Å². The number of nitrogens with zero attached hydrogens (tertiary/aromatic N) is 2. The van der Waals surface area contributed by atoms with Gasteiger partial charge in [0.05, 0.1) is 20.8 Å². The van der Waals surface area contributed by atoms with E-state index in [9.17, 15) is 9.90 Å². The van der Waals surface area contributed by atoms with Crippen molar-refractivity contribution < 1.29 is 29.3 Å². The fourth-order valence-electron chi connectivity index (χ4n) is 5.81. The average Bonchev–Trinajstić information content (AvgIpc) is 2.83. The smallest absolute Gasteiger partial charge is 0.290 e. The highest BCUT2D eigenvalue weighted by Crippen LogP contribution is 2.41. The van der Waals surface area contributed by atoms with Crippen LogP contribution in [0, 0.1) is 11.8 Å². The number of hydrogen-bond acceptors (Lipinski definition) is 6. The van der Waals surface area contributed by atoms with Crippen LogP contribution >= 0.6 is 0 Å². The van der Waals surface area contributed by atoms with Gasteiger partial charge < -0.3 is 24.6 Å². The predicted molar refractivity (Wildman–Crippen MR) is 120 cm³/mol. The SMILES string of the molecule is COc1ccc(CCC(=O)N2C[C@H]3C[C@@H](C2)[C@H](CO)N2CCCC[C@@H]32)cc1OC.O=CO. The van der Waals surface area contributed by atoms with E-state index in [1.807, 2.05) is 18.2 Å². The van der Waals surface area contributed by atoms with Crippen LogP contribution in [0.4, 0.5) is 0 Å². The van der Waals surface area contributed by atoms with Gasteiger partial charge in [0, 0.05) is 31.6 Å². The molecule has 0 aromatic heterocycles. The summed E-state index contributed by atoms with van der Waals surface area (Å²) in [6.45, 7) is 2.73. The normalized spacial score (nSPS) is 26.9. The molecule has 3 fully saturated rings. The number of methoxy groups -OCH3 is 2. The van der Waals surface area contributed by atoms with Crippen molar-refractivity contribution in [3.05, 3.63) is 23.8 Å². The Morgan fingerprint density at radius 3 is 2.56 bits per heavy atom. The van der Waals surface area contributed by atoms with Crippen LogP contribution in [0.3, 0.4) is 0 Å². The second-order valence-electron chi connectivity index (χ2n) is 8.90. The molecule has 8 nitrogen and oxygen atoms in total. The average molecular weight is 449 g/mol. The van der Waals surface area contributed by atoms with Gasteiger partial charge in [0.2, 0.25) is 5.91 Å². The third-order valence-electron chi connectivity index (χ3n) is 7.24. The molecule has 0 aliphatic carbocycles. The molecule has 0 saturated carbocycles. The van der Waals surface area contributed by atoms with Gasteiger partial charge in [-0.1, -0.05) is 12.5 Å². The molecule has 0 radical (unpaired) electrons. The van der Waals surface area contributed by atoms with Gasteiger partial charge >= 0.3 is 0 Å². The van der Waals surface area contributed by atoms with E-state index >= 15 is 0 Å². The largest absolute Gasteiger partial charge is 0.493 e. The lowest BCUT2D eigenvalue weighted by atomic mass is 9.72. The van der Waals surface area contributed by atoms with Gasteiger partial charge in [0.25, 0.3) is 6.47 Å². The van der Waals surface area contributed by atoms with Gasteiger partial charge in [-0.25, -0.2) is 0 Å². The summed E-state index contributed by atoms with van der Waals surface area (Å²) in [7, 11) is 3.26. The molecule has 3 saturated heterocycles. The zero-order valence-electron chi connectivity index (χ0n) is 19.1. The molecule has 178 valence electrons. The van der Waals surface area contributed by atoms with Crippen molar-refractivity contribution in [3.63, 3.8) is 0 Å². The van der Waals surface area contributed by atoms with Gasteiger partial charge in [-0.05, 0) is 61.8 Å². The molecule has 2 N–H and O–H groups in total. The summed E-state index contributed by atoms with van der Waals surface area (Å²) in [5, 5.41) is 16.9. The van der Waals surface area contributed by atoms with E-state index in [1.165, 1.54) is 19.3 Å². The lowest BCUT2D eigenvalue weighted by Gasteiger charge is -2.56. The van der Waals surface area contributed by atoms with Gasteiger partial charge in [-0.3, -0.25) is 14.5 Å². The van der Waals surface area contributed by atoms with Crippen molar-refractivity contribution in [2.45, 2.75) is 50.6 Å². The molecule has 2 bridgehead atoms. The third-order valence-corrected chi connectivity index (χ3v) is 7.24. The topological polar surface area (TPSA) is 99.5 Å². The van der Waals surface area contributed by atoms with Crippen LogP contribution in [0.25, 0.3) is 0 Å². The number of likely N-dealkylation sites (tertiary alicyclic amines) is 1. The Morgan fingerprint density at radius 1 is 1.16 bits per heavy atom. The number of carboxylic acid groups (broad SMARTS) is 1. The second kappa shape index (κ2) is 11.5. The van der Waals surface area contributed by atoms with Crippen molar-refractivity contribution >= 4 is 12.4 Å². The number of piperidine rings is 3. The molecular weight excluding hydrogens is 412 g/mol. The molecule has 3 aliphatic heterocycles. The minimum Gasteiger partial charge on any atom is -0.493 e. The van der Waals surface area contributed by atoms with Crippen LogP contribution < -0.4 is 9.47 Å². The maximum atomic E-state index is 13.0. The molecule has 3 heterocycles. The second-order valence-corrected chi connectivity index (χ2v) is 8.90. The number of rotatable bonds is 6. The van der Waals surface area contributed by atoms with Crippen LogP contribution in [-0.4, -0.2) is 84.9 Å². The highest BCUT2D eigenvalue weighted by atomic mass is 16.5. The Balaban J connectivity index is 0.000000913. The third kappa shape index (κ3) is 5.35. The van der Waals surface area contributed by atoms with Crippen LogP contribution in [-0.2, 0) is 16.0 Å². The van der Waals surface area contributed by atoms with Crippen LogP contribution in [0.5, 0.6) is 11.5 Å². The van der Waals surface area contributed by atoms with Gasteiger partial charge in [0.1, 0.15) is 0 Å². The first-order valence-electron chi connectivity index (χ1n) is 11.5. The number of aliphatic hydroxyl groups excluding tert-OH is 1. The Hall–Kier alpha value is -2.32. The number of hydrogen-bond donors (Lipinski definition) is 2. The van der Waals surface area contributed by atoms with E-state index in [4.69, 9.17) is 19.4 Å². The highest BCUT2D eigenvalue weighted by Gasteiger charge is 2.47. The summed E-state index contributed by atoms with van der Waals surface area (Å²) in [5.74, 6) is 2.60. The van der Waals surface area contributed by atoms with Gasteiger partial charge in [-0.15, -0.1) is 0 Å². The van der Waals surface area contributed by atoms with Crippen LogP contribution in [0.15, 0.2) is 18.2 Å². The fraction of sp³-hybridized carbons (Fsp3) is 0.667. The Kier molecular flexibility index (Phi) is 8.75. The number of aliphatic hydroxyl groups is 1. The highest BCUT2D eigenvalue weighted by molar-refractivity contribution is 5.76. The van der Waals surface area contributed by atoms with Crippen LogP contribution in [0.2, 0.25) is 0 Å². The van der Waals surface area contributed by atoms with E-state index in [1.54, 1.807) is 14.2 Å². The van der Waals surface area contributed by atoms with Gasteiger partial charge in [-0.2, -0.15) is 0 Å². The number of amides is 1. The first-order valence-corrected chi connectivity index (χ1v) is 11.5. The molecular formula is C24H36N2O6. The zero-order chi connectivity index (χ0) is 23.1. The Labute approximate surface area is 190 Å². The lowest BCUT2D eigenvalue weighted by Crippen LogP contribution is -2.65. The van der Waals surface area contributed by atoms with Crippen molar-refractivity contribution in [2.24, 2.45) is 11.8 Å². The minimum atomic E-state index is -0.250. The fourth-order valence-corrected chi connectivity index (χ4v) is 5.81. The zero-order valence-corrected chi connectivity index (χ0v) is 19.1. The lowest BCUT2D eigenvalue weighted by molar-refractivity contribution is -0.142. The van der Waals surface area contributed by atoms with E-state index in [0.717, 1.165) is 31.6 Å². The molecule has 0 spiro atoms. The summed E-state index contributed by atoms with van der Waals surface area (Å²) in [4.78, 5) is 26.0. The van der Waals surface area contributed by atoms with Crippen LogP contribution in [0.1, 0.15) is 37.7 Å². The standard InChI is InChI=1S/C23H34N2O4.CH2O2/c1-28-21-8-6-16(11-22(21)29-2)7-9-23(27)24-13-17-12-18(14-24)20(15-26)25-10-4-3-5-19(17)25;2-1-3/h6,8,11,17-20,26H,3-5,7,9-10,12-15H2,1-2H3;1H,(H,2,3)/t17-,18+,19+,20+;/m1./s1. The summed E-state index contributed by atoms with van der Waals surface area (Å²) in [5.41, 5.74) is 1.08. The number of benzene rings is 1. The monoisotopic (exact) mass is 448 g/mol. The molecule has 4 atom stereocenters. The first kappa shape index (κ1) is 24.3. The first-order chi connectivity index (χ1) is 15.6. The van der Waals surface area contributed by atoms with E-state index < -0.39 is 0 Å². The maximum Gasteiger partial charge on any atom is 0.290 e. The summed E-state index contributed by atoms with van der Waals surface area (Å²) < 4.78 is 10.7. The molecule has 1 aromatic rings.